The number of nitrogens with zero attached hydrogens (tertiary/aromatic N) is 2. The van der Waals surface area contributed by atoms with Crippen LogP contribution in [0.2, 0.25) is 0 Å². The Hall–Kier alpha value is -2.24. The van der Waals surface area contributed by atoms with E-state index in [9.17, 15) is 18.0 Å². The quantitative estimate of drug-likeness (QED) is 0.807. The Bertz CT molecular complexity index is 597. The van der Waals surface area contributed by atoms with Gasteiger partial charge in [0, 0.05) is 36.8 Å². The maximum absolute atomic E-state index is 12.8. The molecule has 2 aromatic rings. The number of pyridine rings is 2. The lowest BCUT2D eigenvalue weighted by molar-refractivity contribution is -0.138. The molecule has 0 spiro atoms. The molecule has 0 aromatic carbocycles. The molecule has 2 rings (SSSR count). The maximum atomic E-state index is 12.8. The number of Topliss-reactive ketones (excluding diaryl/α,β-unsaturated/α-hetero) is 1. The van der Waals surface area contributed by atoms with Crippen LogP contribution in [0.5, 0.6) is 0 Å². The zero-order valence-electron chi connectivity index (χ0n) is 10.4. The number of aryl methyl sites for hydroxylation is 1. The summed E-state index contributed by atoms with van der Waals surface area (Å²) >= 11 is 0. The van der Waals surface area contributed by atoms with E-state index in [1.54, 1.807) is 24.5 Å². The first-order valence-corrected chi connectivity index (χ1v) is 5.92. The predicted octanol–water partition coefficient (Wildman–Crippen LogP) is 3.31. The van der Waals surface area contributed by atoms with Crippen LogP contribution in [0.4, 0.5) is 13.2 Å². The van der Waals surface area contributed by atoms with E-state index in [0.717, 1.165) is 24.0 Å². The van der Waals surface area contributed by atoms with Crippen molar-refractivity contribution in [2.75, 3.05) is 0 Å². The van der Waals surface area contributed by atoms with Crippen molar-refractivity contribution >= 4 is 5.78 Å². The lowest BCUT2D eigenvalue weighted by Gasteiger charge is -2.11. The van der Waals surface area contributed by atoms with Gasteiger partial charge in [0.15, 0.2) is 5.78 Å². The fraction of sp³-hybridized carbons (Fsp3) is 0.214. The highest BCUT2D eigenvalue weighted by Crippen LogP contribution is 2.32. The molecular formula is C14H11F3N2O. The van der Waals surface area contributed by atoms with Crippen molar-refractivity contribution in [2.45, 2.75) is 19.0 Å². The van der Waals surface area contributed by atoms with E-state index in [4.69, 9.17) is 0 Å². The van der Waals surface area contributed by atoms with Crippen molar-refractivity contribution in [3.05, 3.63) is 59.7 Å². The van der Waals surface area contributed by atoms with E-state index in [2.05, 4.69) is 9.97 Å². The number of ketones is 1. The fourth-order valence-electron chi connectivity index (χ4n) is 1.80. The van der Waals surface area contributed by atoms with Crippen LogP contribution in [-0.2, 0) is 12.6 Å². The van der Waals surface area contributed by atoms with Crippen molar-refractivity contribution < 1.29 is 18.0 Å². The van der Waals surface area contributed by atoms with Crippen LogP contribution in [0.15, 0.2) is 43.0 Å². The van der Waals surface area contributed by atoms with Gasteiger partial charge in [0.05, 0.1) is 5.56 Å². The number of hydrogen-bond acceptors (Lipinski definition) is 3. The third-order valence-electron chi connectivity index (χ3n) is 2.79. The van der Waals surface area contributed by atoms with Crippen molar-refractivity contribution in [2.24, 2.45) is 0 Å². The van der Waals surface area contributed by atoms with Crippen molar-refractivity contribution in [3.63, 3.8) is 0 Å². The fourth-order valence-corrected chi connectivity index (χ4v) is 1.80. The number of alkyl halides is 3. The van der Waals surface area contributed by atoms with Gasteiger partial charge in [-0.2, -0.15) is 13.2 Å². The summed E-state index contributed by atoms with van der Waals surface area (Å²) in [5.74, 6) is -0.575. The molecule has 2 aromatic heterocycles. The van der Waals surface area contributed by atoms with Gasteiger partial charge in [0.2, 0.25) is 0 Å². The molecule has 0 bridgehead atoms. The van der Waals surface area contributed by atoms with Crippen molar-refractivity contribution in [1.29, 1.82) is 0 Å². The van der Waals surface area contributed by atoms with E-state index in [0.29, 0.717) is 6.42 Å². The van der Waals surface area contributed by atoms with Crippen LogP contribution in [-0.4, -0.2) is 15.8 Å². The molecule has 0 saturated carbocycles. The first kappa shape index (κ1) is 14.2. The van der Waals surface area contributed by atoms with E-state index in [-0.39, 0.29) is 12.0 Å². The third kappa shape index (κ3) is 3.40. The second kappa shape index (κ2) is 5.81. The summed E-state index contributed by atoms with van der Waals surface area (Å²) in [6, 6.07) is 4.30. The first-order chi connectivity index (χ1) is 9.48. The monoisotopic (exact) mass is 280 g/mol. The van der Waals surface area contributed by atoms with Gasteiger partial charge in [0.1, 0.15) is 0 Å². The molecule has 0 atom stereocenters. The van der Waals surface area contributed by atoms with E-state index >= 15 is 0 Å². The predicted molar refractivity (Wildman–Crippen MR) is 66.1 cm³/mol. The Kier molecular flexibility index (Phi) is 4.12. The first-order valence-electron chi connectivity index (χ1n) is 5.92. The van der Waals surface area contributed by atoms with Crippen LogP contribution in [0.25, 0.3) is 0 Å². The van der Waals surface area contributed by atoms with Gasteiger partial charge >= 0.3 is 6.18 Å². The van der Waals surface area contributed by atoms with Crippen LogP contribution in [0, 0.1) is 0 Å². The topological polar surface area (TPSA) is 42.9 Å². The molecule has 2 heterocycles. The molecule has 3 nitrogen and oxygen atoms in total. The largest absolute Gasteiger partial charge is 0.417 e. The molecular weight excluding hydrogens is 269 g/mol. The molecule has 20 heavy (non-hydrogen) atoms. The molecule has 0 unspecified atom stereocenters. The summed E-state index contributed by atoms with van der Waals surface area (Å²) in [5, 5.41) is 0. The zero-order chi connectivity index (χ0) is 14.6. The van der Waals surface area contributed by atoms with Crippen molar-refractivity contribution in [3.8, 4) is 0 Å². The molecule has 104 valence electrons. The zero-order valence-corrected chi connectivity index (χ0v) is 10.4. The molecule has 6 heteroatoms. The van der Waals surface area contributed by atoms with Crippen LogP contribution in [0.3, 0.4) is 0 Å². The number of aromatic nitrogens is 2. The summed E-state index contributed by atoms with van der Waals surface area (Å²) in [7, 11) is 0. The number of halogens is 3. The Morgan fingerprint density at radius 2 is 1.85 bits per heavy atom. The summed E-state index contributed by atoms with van der Waals surface area (Å²) in [4.78, 5) is 19.4. The minimum absolute atomic E-state index is 0.0134. The van der Waals surface area contributed by atoms with E-state index in [1.807, 2.05) is 0 Å². The molecule has 0 aliphatic rings. The number of rotatable bonds is 4. The molecule has 0 aliphatic heterocycles. The highest BCUT2D eigenvalue weighted by molar-refractivity contribution is 5.97. The third-order valence-corrected chi connectivity index (χ3v) is 2.79. The summed E-state index contributed by atoms with van der Waals surface area (Å²) in [6.45, 7) is 0. The van der Waals surface area contributed by atoms with Gasteiger partial charge in [-0.25, -0.2) is 0 Å². The van der Waals surface area contributed by atoms with Crippen LogP contribution < -0.4 is 0 Å². The van der Waals surface area contributed by atoms with Gasteiger partial charge in [-0.3, -0.25) is 14.8 Å². The minimum atomic E-state index is -4.55. The molecule has 0 fully saturated rings. The number of carbonyl (C=O) groups is 1. The SMILES string of the molecule is O=C(CCc1cccnc1)c1cnccc1C(F)(F)F. The summed E-state index contributed by atoms with van der Waals surface area (Å²) < 4.78 is 38.3. The lowest BCUT2D eigenvalue weighted by Crippen LogP contribution is -2.14. The minimum Gasteiger partial charge on any atom is -0.294 e. The van der Waals surface area contributed by atoms with Gasteiger partial charge in [-0.05, 0) is 24.1 Å². The Balaban J connectivity index is 2.14. The number of carbonyl (C=O) groups excluding carboxylic acids is 1. The summed E-state index contributed by atoms with van der Waals surface area (Å²) in [6.07, 6.45) is 0.950. The average molecular weight is 280 g/mol. The maximum Gasteiger partial charge on any atom is 0.417 e. The smallest absolute Gasteiger partial charge is 0.294 e. The standard InChI is InChI=1S/C14H11F3N2O/c15-14(16,17)12-5-7-19-9-11(12)13(20)4-3-10-2-1-6-18-8-10/h1-2,5-9H,3-4H2. The van der Waals surface area contributed by atoms with Gasteiger partial charge in [-0.1, -0.05) is 6.07 Å². The van der Waals surface area contributed by atoms with Gasteiger partial charge in [-0.15, -0.1) is 0 Å². The lowest BCUT2D eigenvalue weighted by atomic mass is 10.0. The van der Waals surface area contributed by atoms with Crippen LogP contribution >= 0.6 is 0 Å². The highest BCUT2D eigenvalue weighted by Gasteiger charge is 2.34. The molecule has 0 amide bonds. The van der Waals surface area contributed by atoms with Crippen LogP contribution in [0.1, 0.15) is 27.9 Å². The number of hydrogen-bond donors (Lipinski definition) is 0. The normalized spacial score (nSPS) is 11.3. The van der Waals surface area contributed by atoms with E-state index < -0.39 is 17.5 Å². The van der Waals surface area contributed by atoms with E-state index in [1.165, 1.54) is 0 Å². The average Bonchev–Trinajstić information content (AvgIpc) is 2.45. The van der Waals surface area contributed by atoms with Gasteiger partial charge in [0.25, 0.3) is 0 Å². The second-order valence-corrected chi connectivity index (χ2v) is 4.20. The Morgan fingerprint density at radius 3 is 2.50 bits per heavy atom. The molecule has 0 N–H and O–H groups in total. The van der Waals surface area contributed by atoms with Crippen molar-refractivity contribution in [1.82, 2.24) is 9.97 Å². The molecule has 0 aliphatic carbocycles. The summed E-state index contributed by atoms with van der Waals surface area (Å²) in [5.41, 5.74) is -0.522. The highest BCUT2D eigenvalue weighted by atomic mass is 19.4. The molecule has 0 radical (unpaired) electrons. The van der Waals surface area contributed by atoms with Gasteiger partial charge < -0.3 is 0 Å². The second-order valence-electron chi connectivity index (χ2n) is 4.20. The molecule has 0 saturated heterocycles. The Labute approximate surface area is 113 Å². The Morgan fingerprint density at radius 1 is 1.10 bits per heavy atom.